The lowest BCUT2D eigenvalue weighted by Crippen LogP contribution is -2.38. The number of ether oxygens (including phenoxy) is 1. The number of nitrogens with one attached hydrogen (secondary N) is 2. The maximum atomic E-state index is 14.8. The zero-order chi connectivity index (χ0) is 25.3. The highest BCUT2D eigenvalue weighted by atomic mass is 32.2. The molecule has 186 valence electrons. The Morgan fingerprint density at radius 1 is 1.14 bits per heavy atom. The lowest BCUT2D eigenvalue weighted by molar-refractivity contribution is 0.287. The van der Waals surface area contributed by atoms with Crippen molar-refractivity contribution in [1.82, 2.24) is 14.7 Å². The van der Waals surface area contributed by atoms with Crippen LogP contribution >= 0.6 is 0 Å². The molecular weight excluding hydrogens is 485 g/mol. The Labute approximate surface area is 200 Å². The van der Waals surface area contributed by atoms with Gasteiger partial charge in [-0.3, -0.25) is 0 Å². The number of nitrogens with two attached hydrogens (primary N) is 1. The number of benzene rings is 2. The van der Waals surface area contributed by atoms with Crippen molar-refractivity contribution in [1.29, 1.82) is 0 Å². The third-order valence-electron chi connectivity index (χ3n) is 5.33. The number of aromatic nitrogens is 2. The van der Waals surface area contributed by atoms with Crippen molar-refractivity contribution in [2.75, 3.05) is 23.4 Å². The summed E-state index contributed by atoms with van der Waals surface area (Å²) < 4.78 is 73.3. The lowest BCUT2D eigenvalue weighted by atomic mass is 10.1. The molecule has 0 unspecified atom stereocenters. The maximum absolute atomic E-state index is 14.8. The molecule has 4 N–H and O–H groups in total. The number of anilines is 3. The van der Waals surface area contributed by atoms with Gasteiger partial charge in [-0.1, -0.05) is 6.07 Å². The summed E-state index contributed by atoms with van der Waals surface area (Å²) >= 11 is 0. The van der Waals surface area contributed by atoms with Gasteiger partial charge in [-0.05, 0) is 38.1 Å². The van der Waals surface area contributed by atoms with Crippen LogP contribution in [0.4, 0.5) is 30.5 Å². The minimum Gasteiger partial charge on any atom is -0.486 e. The summed E-state index contributed by atoms with van der Waals surface area (Å²) in [5.74, 6) is -2.06. The van der Waals surface area contributed by atoms with Crippen LogP contribution in [0.1, 0.15) is 19.4 Å². The Kier molecular flexibility index (Phi) is 6.83. The average Bonchev–Trinajstić information content (AvgIpc) is 2.78. The monoisotopic (exact) mass is 508 g/mol. The highest BCUT2D eigenvalue weighted by Crippen LogP contribution is 2.39. The minimum absolute atomic E-state index is 0.0497. The van der Waals surface area contributed by atoms with Crippen LogP contribution < -0.4 is 24.8 Å². The number of hydrogen-bond donors (Lipinski definition) is 3. The zero-order valence-corrected chi connectivity index (χ0v) is 19.7. The normalized spacial score (nSPS) is 13.5. The molecule has 13 heteroatoms. The highest BCUT2D eigenvalue weighted by molar-refractivity contribution is 7.87. The molecule has 9 nitrogen and oxygen atoms in total. The van der Waals surface area contributed by atoms with Gasteiger partial charge >= 0.3 is 0 Å². The Balaban J connectivity index is 1.62. The first-order chi connectivity index (χ1) is 16.5. The summed E-state index contributed by atoms with van der Waals surface area (Å²) in [5, 5.41) is 7.62. The van der Waals surface area contributed by atoms with Gasteiger partial charge in [0.1, 0.15) is 18.1 Å². The molecule has 0 radical (unpaired) electrons. The average molecular weight is 509 g/mol. The molecule has 2 heterocycles. The summed E-state index contributed by atoms with van der Waals surface area (Å²) in [7, 11) is -3.98. The molecule has 0 atom stereocenters. The van der Waals surface area contributed by atoms with Gasteiger partial charge < -0.3 is 15.0 Å². The van der Waals surface area contributed by atoms with Crippen molar-refractivity contribution < 1.29 is 26.3 Å². The van der Waals surface area contributed by atoms with Crippen LogP contribution in [0.25, 0.3) is 11.3 Å². The SMILES string of the molecule is CC(C)N1CCOc2c(F)cc(-c3nc(Nc4ccc(CNS(N)(=O)=O)c(F)c4)ncc3F)cc21. The van der Waals surface area contributed by atoms with E-state index in [4.69, 9.17) is 9.88 Å². The van der Waals surface area contributed by atoms with E-state index in [1.807, 2.05) is 23.5 Å². The Hall–Kier alpha value is -3.42. The predicted octanol–water partition coefficient (Wildman–Crippen LogP) is 3.20. The molecule has 4 rings (SSSR count). The van der Waals surface area contributed by atoms with Crippen molar-refractivity contribution in [2.24, 2.45) is 5.14 Å². The molecule has 0 saturated heterocycles. The molecule has 0 amide bonds. The molecule has 0 aliphatic carbocycles. The van der Waals surface area contributed by atoms with Gasteiger partial charge in [0.2, 0.25) is 5.95 Å². The number of nitrogens with zero attached hydrogens (tertiary/aromatic N) is 3. The van der Waals surface area contributed by atoms with E-state index in [1.165, 1.54) is 12.1 Å². The third-order valence-corrected chi connectivity index (χ3v) is 5.87. The van der Waals surface area contributed by atoms with Crippen LogP contribution in [0.5, 0.6) is 5.75 Å². The van der Waals surface area contributed by atoms with E-state index in [-0.39, 0.29) is 46.8 Å². The van der Waals surface area contributed by atoms with Crippen molar-refractivity contribution in [3.05, 3.63) is 59.5 Å². The Bertz CT molecular complexity index is 1370. The lowest BCUT2D eigenvalue weighted by Gasteiger charge is -2.34. The maximum Gasteiger partial charge on any atom is 0.274 e. The van der Waals surface area contributed by atoms with Gasteiger partial charge in [0.05, 0.1) is 18.4 Å². The minimum atomic E-state index is -3.98. The molecule has 0 bridgehead atoms. The predicted molar refractivity (Wildman–Crippen MR) is 125 cm³/mol. The number of hydrogen-bond acceptors (Lipinski definition) is 7. The topological polar surface area (TPSA) is 122 Å². The molecule has 1 aromatic heterocycles. The van der Waals surface area contributed by atoms with Crippen molar-refractivity contribution in [2.45, 2.75) is 26.4 Å². The Morgan fingerprint density at radius 2 is 1.91 bits per heavy atom. The van der Waals surface area contributed by atoms with Gasteiger partial charge in [-0.2, -0.15) is 13.1 Å². The van der Waals surface area contributed by atoms with Gasteiger partial charge in [0.15, 0.2) is 17.4 Å². The van der Waals surface area contributed by atoms with Crippen molar-refractivity contribution in [3.63, 3.8) is 0 Å². The second-order valence-electron chi connectivity index (χ2n) is 8.13. The van der Waals surface area contributed by atoms with E-state index in [2.05, 4.69) is 15.3 Å². The first-order valence-electron chi connectivity index (χ1n) is 10.6. The largest absolute Gasteiger partial charge is 0.486 e. The second kappa shape index (κ2) is 9.68. The second-order valence-corrected chi connectivity index (χ2v) is 9.51. The molecule has 3 aromatic rings. The fourth-order valence-electron chi connectivity index (χ4n) is 3.68. The smallest absolute Gasteiger partial charge is 0.274 e. The van der Waals surface area contributed by atoms with Crippen LogP contribution in [0.3, 0.4) is 0 Å². The van der Waals surface area contributed by atoms with E-state index in [0.29, 0.717) is 18.8 Å². The molecule has 0 fully saturated rings. The quantitative estimate of drug-likeness (QED) is 0.448. The number of halogens is 3. The number of fused-ring (bicyclic) bond motifs is 1. The first-order valence-corrected chi connectivity index (χ1v) is 12.1. The van der Waals surface area contributed by atoms with E-state index < -0.39 is 27.7 Å². The summed E-state index contributed by atoms with van der Waals surface area (Å²) in [6.45, 7) is 4.49. The summed E-state index contributed by atoms with van der Waals surface area (Å²) in [4.78, 5) is 10.00. The molecule has 1 aliphatic heterocycles. The molecule has 1 aliphatic rings. The number of rotatable bonds is 7. The first kappa shape index (κ1) is 24.7. The van der Waals surface area contributed by atoms with Crippen LogP contribution in [0.2, 0.25) is 0 Å². The van der Waals surface area contributed by atoms with Crippen LogP contribution in [-0.4, -0.2) is 37.6 Å². The van der Waals surface area contributed by atoms with Gasteiger partial charge in [0, 0.05) is 29.4 Å². The van der Waals surface area contributed by atoms with Crippen LogP contribution in [-0.2, 0) is 16.8 Å². The molecule has 2 aromatic carbocycles. The van der Waals surface area contributed by atoms with E-state index in [9.17, 15) is 21.6 Å². The molecule has 35 heavy (non-hydrogen) atoms. The molecular formula is C22H23F3N6O3S. The van der Waals surface area contributed by atoms with Crippen LogP contribution in [0.15, 0.2) is 36.5 Å². The van der Waals surface area contributed by atoms with E-state index >= 15 is 0 Å². The van der Waals surface area contributed by atoms with Crippen molar-refractivity contribution >= 4 is 27.5 Å². The Morgan fingerprint density at radius 3 is 2.60 bits per heavy atom. The fourth-order valence-corrected chi connectivity index (χ4v) is 4.04. The summed E-state index contributed by atoms with van der Waals surface area (Å²) in [6.07, 6.45) is 0.930. The van der Waals surface area contributed by atoms with Gasteiger partial charge in [-0.15, -0.1) is 0 Å². The summed E-state index contributed by atoms with van der Waals surface area (Å²) in [5.41, 5.74) is 0.838. The van der Waals surface area contributed by atoms with Gasteiger partial charge in [-0.25, -0.2) is 28.3 Å². The zero-order valence-electron chi connectivity index (χ0n) is 18.8. The van der Waals surface area contributed by atoms with E-state index in [1.54, 1.807) is 6.07 Å². The van der Waals surface area contributed by atoms with Crippen molar-refractivity contribution in [3.8, 4) is 17.0 Å². The highest BCUT2D eigenvalue weighted by Gasteiger charge is 2.25. The van der Waals surface area contributed by atoms with Crippen LogP contribution in [0, 0.1) is 17.5 Å². The molecule has 0 spiro atoms. The third kappa shape index (κ3) is 5.63. The molecule has 0 saturated carbocycles. The standard InChI is InChI=1S/C22H23F3N6O3S/c1-12(2)31-5-6-34-21-17(24)7-14(8-19(21)31)20-18(25)11-27-22(30-20)29-15-4-3-13(16(23)9-15)10-28-35(26,32)33/h3-4,7-9,11-12,28H,5-6,10H2,1-2H3,(H2,26,32,33)(H,27,29,30). The fraction of sp³-hybridized carbons (Fsp3) is 0.273. The van der Waals surface area contributed by atoms with Gasteiger partial charge in [0.25, 0.3) is 10.2 Å². The summed E-state index contributed by atoms with van der Waals surface area (Å²) in [6, 6.07) is 6.73. The van der Waals surface area contributed by atoms with E-state index in [0.717, 1.165) is 18.3 Å².